The van der Waals surface area contributed by atoms with Gasteiger partial charge in [0.2, 0.25) is 0 Å². The molecule has 5 heteroatoms. The summed E-state index contributed by atoms with van der Waals surface area (Å²) < 4.78 is 5.75. The number of hydrogen-bond acceptors (Lipinski definition) is 4. The molecule has 3 rings (SSSR count). The summed E-state index contributed by atoms with van der Waals surface area (Å²) in [4.78, 5) is 25.8. The van der Waals surface area contributed by atoms with Crippen molar-refractivity contribution in [2.45, 2.75) is 26.2 Å². The standard InChI is InChI=1S/C20H22N2O3/c1-14-13-15(21)9-10-18(14)25-12-6-2-5-11-22-19(23)16-7-3-4-8-17(16)20(22)24/h3-4,7-10,13H,2,5-6,11-12,21H2,1H3. The molecule has 2 aromatic rings. The molecule has 1 aliphatic heterocycles. The molecule has 2 aromatic carbocycles. The summed E-state index contributed by atoms with van der Waals surface area (Å²) in [6.45, 7) is 3.02. The van der Waals surface area contributed by atoms with Crippen molar-refractivity contribution in [3.8, 4) is 5.75 Å². The molecular weight excluding hydrogens is 316 g/mol. The minimum atomic E-state index is -0.186. The lowest BCUT2D eigenvalue weighted by Crippen LogP contribution is -2.30. The summed E-state index contributed by atoms with van der Waals surface area (Å²) >= 11 is 0. The Hall–Kier alpha value is -2.82. The van der Waals surface area contributed by atoms with Gasteiger partial charge in [0.05, 0.1) is 17.7 Å². The zero-order chi connectivity index (χ0) is 17.8. The van der Waals surface area contributed by atoms with Crippen LogP contribution in [0.5, 0.6) is 5.75 Å². The van der Waals surface area contributed by atoms with Gasteiger partial charge in [-0.3, -0.25) is 14.5 Å². The number of carbonyl (C=O) groups is 2. The van der Waals surface area contributed by atoms with Crippen LogP contribution in [0.2, 0.25) is 0 Å². The highest BCUT2D eigenvalue weighted by Gasteiger charge is 2.34. The van der Waals surface area contributed by atoms with Gasteiger partial charge in [0, 0.05) is 12.2 Å². The quantitative estimate of drug-likeness (QED) is 0.477. The fraction of sp³-hybridized carbons (Fsp3) is 0.300. The summed E-state index contributed by atoms with van der Waals surface area (Å²) in [6, 6.07) is 12.6. The average molecular weight is 338 g/mol. The van der Waals surface area contributed by atoms with Crippen molar-refractivity contribution in [2.75, 3.05) is 18.9 Å². The van der Waals surface area contributed by atoms with Crippen LogP contribution in [0.25, 0.3) is 0 Å². The molecule has 1 heterocycles. The maximum atomic E-state index is 12.2. The van der Waals surface area contributed by atoms with Gasteiger partial charge in [-0.15, -0.1) is 0 Å². The second-order valence-electron chi connectivity index (χ2n) is 6.24. The van der Waals surface area contributed by atoms with Crippen LogP contribution in [0.3, 0.4) is 0 Å². The van der Waals surface area contributed by atoms with E-state index >= 15 is 0 Å². The van der Waals surface area contributed by atoms with E-state index in [0.717, 1.165) is 36.3 Å². The van der Waals surface area contributed by atoms with Gasteiger partial charge in [-0.2, -0.15) is 0 Å². The van der Waals surface area contributed by atoms with Gasteiger partial charge in [0.15, 0.2) is 0 Å². The van der Waals surface area contributed by atoms with Crippen LogP contribution in [0.1, 0.15) is 45.5 Å². The predicted molar refractivity (Wildman–Crippen MR) is 96.7 cm³/mol. The van der Waals surface area contributed by atoms with E-state index in [1.54, 1.807) is 24.3 Å². The number of imide groups is 1. The fourth-order valence-corrected chi connectivity index (χ4v) is 3.01. The number of benzene rings is 2. The van der Waals surface area contributed by atoms with Gasteiger partial charge >= 0.3 is 0 Å². The highest BCUT2D eigenvalue weighted by Crippen LogP contribution is 2.23. The first-order valence-corrected chi connectivity index (χ1v) is 8.52. The smallest absolute Gasteiger partial charge is 0.261 e. The second-order valence-corrected chi connectivity index (χ2v) is 6.24. The van der Waals surface area contributed by atoms with E-state index in [4.69, 9.17) is 10.5 Å². The van der Waals surface area contributed by atoms with Crippen LogP contribution in [0, 0.1) is 6.92 Å². The summed E-state index contributed by atoms with van der Waals surface area (Å²) in [5, 5.41) is 0. The Balaban J connectivity index is 1.41. The van der Waals surface area contributed by atoms with Crippen molar-refractivity contribution >= 4 is 17.5 Å². The first-order chi connectivity index (χ1) is 12.1. The van der Waals surface area contributed by atoms with Gasteiger partial charge in [0.25, 0.3) is 11.8 Å². The van der Waals surface area contributed by atoms with Crippen LogP contribution in [-0.4, -0.2) is 29.9 Å². The van der Waals surface area contributed by atoms with Crippen molar-refractivity contribution in [1.29, 1.82) is 0 Å². The van der Waals surface area contributed by atoms with Gasteiger partial charge < -0.3 is 10.5 Å². The van der Waals surface area contributed by atoms with E-state index in [1.807, 2.05) is 25.1 Å². The lowest BCUT2D eigenvalue weighted by atomic mass is 10.1. The van der Waals surface area contributed by atoms with E-state index < -0.39 is 0 Å². The Morgan fingerprint density at radius 3 is 2.28 bits per heavy atom. The predicted octanol–water partition coefficient (Wildman–Crippen LogP) is 3.42. The molecule has 130 valence electrons. The third kappa shape index (κ3) is 3.65. The second kappa shape index (κ2) is 7.38. The van der Waals surface area contributed by atoms with E-state index in [1.165, 1.54) is 4.90 Å². The number of nitrogens with zero attached hydrogens (tertiary/aromatic N) is 1. The minimum Gasteiger partial charge on any atom is -0.493 e. The van der Waals surface area contributed by atoms with Crippen LogP contribution < -0.4 is 10.5 Å². The SMILES string of the molecule is Cc1cc(N)ccc1OCCCCCN1C(=O)c2ccccc2C1=O. The number of hydrogen-bond donors (Lipinski definition) is 1. The molecule has 2 N–H and O–H groups in total. The molecule has 0 aromatic heterocycles. The Bertz CT molecular complexity index is 766. The van der Waals surface area contributed by atoms with Crippen LogP contribution >= 0.6 is 0 Å². The first kappa shape index (κ1) is 17.0. The number of ether oxygens (including phenoxy) is 1. The molecule has 0 unspecified atom stereocenters. The minimum absolute atomic E-state index is 0.186. The third-order valence-corrected chi connectivity index (χ3v) is 4.36. The summed E-state index contributed by atoms with van der Waals surface area (Å²) in [7, 11) is 0. The molecule has 0 bridgehead atoms. The van der Waals surface area contributed by atoms with Gasteiger partial charge in [-0.25, -0.2) is 0 Å². The highest BCUT2D eigenvalue weighted by molar-refractivity contribution is 6.21. The van der Waals surface area contributed by atoms with Crippen molar-refractivity contribution in [1.82, 2.24) is 4.90 Å². The van der Waals surface area contributed by atoms with Crippen molar-refractivity contribution < 1.29 is 14.3 Å². The van der Waals surface area contributed by atoms with Crippen LogP contribution in [-0.2, 0) is 0 Å². The van der Waals surface area contributed by atoms with Gasteiger partial charge in [-0.05, 0) is 62.1 Å². The van der Waals surface area contributed by atoms with E-state index in [9.17, 15) is 9.59 Å². The number of fused-ring (bicyclic) bond motifs is 1. The molecule has 0 saturated heterocycles. The number of anilines is 1. The normalized spacial score (nSPS) is 13.2. The van der Waals surface area contributed by atoms with Crippen molar-refractivity contribution in [3.63, 3.8) is 0 Å². The topological polar surface area (TPSA) is 72.6 Å². The number of amides is 2. The first-order valence-electron chi connectivity index (χ1n) is 8.52. The maximum absolute atomic E-state index is 12.2. The van der Waals surface area contributed by atoms with Crippen LogP contribution in [0.15, 0.2) is 42.5 Å². The lowest BCUT2D eigenvalue weighted by molar-refractivity contribution is 0.0651. The lowest BCUT2D eigenvalue weighted by Gasteiger charge is -2.14. The molecule has 0 radical (unpaired) electrons. The number of nitrogen functional groups attached to an aromatic ring is 1. The maximum Gasteiger partial charge on any atom is 0.261 e. The molecule has 0 saturated carbocycles. The monoisotopic (exact) mass is 338 g/mol. The third-order valence-electron chi connectivity index (χ3n) is 4.36. The Kier molecular flexibility index (Phi) is 5.03. The Labute approximate surface area is 147 Å². The number of nitrogens with two attached hydrogens (primary N) is 1. The zero-order valence-corrected chi connectivity index (χ0v) is 14.3. The van der Waals surface area contributed by atoms with E-state index in [-0.39, 0.29) is 11.8 Å². The van der Waals surface area contributed by atoms with Gasteiger partial charge in [0.1, 0.15) is 5.75 Å². The molecule has 2 amide bonds. The van der Waals surface area contributed by atoms with E-state index in [2.05, 4.69) is 0 Å². The molecule has 5 nitrogen and oxygen atoms in total. The molecule has 0 spiro atoms. The Morgan fingerprint density at radius 2 is 1.64 bits per heavy atom. The average Bonchev–Trinajstić information content (AvgIpc) is 2.84. The molecule has 0 fully saturated rings. The summed E-state index contributed by atoms with van der Waals surface area (Å²) in [6.07, 6.45) is 2.53. The number of carbonyl (C=O) groups excluding carboxylic acids is 2. The fourth-order valence-electron chi connectivity index (χ4n) is 3.01. The number of unbranched alkanes of at least 4 members (excludes halogenated alkanes) is 2. The largest absolute Gasteiger partial charge is 0.493 e. The highest BCUT2D eigenvalue weighted by atomic mass is 16.5. The molecular formula is C20H22N2O3. The molecule has 0 atom stereocenters. The van der Waals surface area contributed by atoms with Gasteiger partial charge in [-0.1, -0.05) is 12.1 Å². The number of rotatable bonds is 7. The molecule has 25 heavy (non-hydrogen) atoms. The van der Waals surface area contributed by atoms with E-state index in [0.29, 0.717) is 24.3 Å². The summed E-state index contributed by atoms with van der Waals surface area (Å²) in [5.41, 5.74) is 8.49. The zero-order valence-electron chi connectivity index (χ0n) is 14.3. The van der Waals surface area contributed by atoms with Crippen molar-refractivity contribution in [2.24, 2.45) is 0 Å². The van der Waals surface area contributed by atoms with Crippen molar-refractivity contribution in [3.05, 3.63) is 59.2 Å². The molecule has 0 aliphatic carbocycles. The number of aryl methyl sites for hydroxylation is 1. The molecule has 1 aliphatic rings. The Morgan fingerprint density at radius 1 is 0.960 bits per heavy atom. The van der Waals surface area contributed by atoms with Crippen LogP contribution in [0.4, 0.5) is 5.69 Å². The summed E-state index contributed by atoms with van der Waals surface area (Å²) in [5.74, 6) is 0.471.